The molecule has 3 N–H and O–H groups in total. The first-order valence-electron chi connectivity index (χ1n) is 12.7. The minimum atomic E-state index is -0.777. The molecule has 0 saturated heterocycles. The van der Waals surface area contributed by atoms with E-state index in [-0.39, 0.29) is 19.2 Å². The lowest BCUT2D eigenvalue weighted by atomic mass is 10.0. The smallest absolute Gasteiger partial charge is 0.306 e. The van der Waals surface area contributed by atoms with Crippen molar-refractivity contribution in [2.24, 2.45) is 0 Å². The average molecular weight is 445 g/mol. The molecule has 0 rings (SSSR count). The zero-order valence-electron chi connectivity index (χ0n) is 19.7. The number of carboxylic acids is 1. The van der Waals surface area contributed by atoms with Crippen molar-refractivity contribution in [1.29, 1.82) is 0 Å². The first-order valence-corrected chi connectivity index (χ1v) is 12.7. The molecule has 0 aromatic carbocycles. The van der Waals surface area contributed by atoms with Gasteiger partial charge in [-0.25, -0.2) is 0 Å². The maximum absolute atomic E-state index is 11.5. The van der Waals surface area contributed by atoms with Crippen molar-refractivity contribution in [1.82, 2.24) is 0 Å². The van der Waals surface area contributed by atoms with Crippen LogP contribution in [0.1, 0.15) is 128 Å². The first kappa shape index (κ1) is 29.9. The number of carbonyl (C=O) groups is 2. The van der Waals surface area contributed by atoms with Crippen molar-refractivity contribution in [2.75, 3.05) is 13.2 Å². The predicted molar refractivity (Wildman–Crippen MR) is 124 cm³/mol. The summed E-state index contributed by atoms with van der Waals surface area (Å²) in [7, 11) is 0. The zero-order chi connectivity index (χ0) is 23.0. The Morgan fingerprint density at radius 1 is 0.516 bits per heavy atom. The van der Waals surface area contributed by atoms with Crippen LogP contribution in [0.2, 0.25) is 0 Å². The number of carboxylic acid groups (broad SMARTS) is 1. The molecule has 0 saturated carbocycles. The number of esters is 1. The average Bonchev–Trinajstić information content (AvgIpc) is 2.75. The highest BCUT2D eigenvalue weighted by atomic mass is 16.6. The molecule has 0 heterocycles. The Labute approximate surface area is 189 Å². The molecule has 0 amide bonds. The van der Waals surface area contributed by atoms with Gasteiger partial charge < -0.3 is 20.1 Å². The van der Waals surface area contributed by atoms with E-state index < -0.39 is 12.1 Å². The summed E-state index contributed by atoms with van der Waals surface area (Å²) >= 11 is 0. The maximum Gasteiger partial charge on any atom is 0.306 e. The van der Waals surface area contributed by atoms with E-state index >= 15 is 0 Å². The van der Waals surface area contributed by atoms with Crippen LogP contribution in [0.3, 0.4) is 0 Å². The molecule has 0 spiro atoms. The number of hydrogen-bond donors (Lipinski definition) is 3. The number of aliphatic hydroxyl groups is 2. The fraction of sp³-hybridized carbons (Fsp3) is 0.920. The number of aliphatic carboxylic acids is 1. The van der Waals surface area contributed by atoms with Crippen LogP contribution in [0, 0.1) is 0 Å². The van der Waals surface area contributed by atoms with Gasteiger partial charge in [0.1, 0.15) is 6.10 Å². The van der Waals surface area contributed by atoms with Crippen LogP contribution in [-0.2, 0) is 14.3 Å². The van der Waals surface area contributed by atoms with E-state index in [2.05, 4.69) is 0 Å². The van der Waals surface area contributed by atoms with Gasteiger partial charge in [0.05, 0.1) is 13.2 Å². The Kier molecular flexibility index (Phi) is 22.7. The second-order valence-electron chi connectivity index (χ2n) is 8.73. The summed E-state index contributed by atoms with van der Waals surface area (Å²) in [5, 5.41) is 26.3. The summed E-state index contributed by atoms with van der Waals surface area (Å²) < 4.78 is 4.94. The van der Waals surface area contributed by atoms with Gasteiger partial charge >= 0.3 is 11.9 Å². The van der Waals surface area contributed by atoms with Gasteiger partial charge in [0.15, 0.2) is 0 Å². The SMILES string of the molecule is O=C(O)CCCCCCCCCCCCCCCCCCCCC(=O)OC(CO)CO. The second kappa shape index (κ2) is 23.5. The molecule has 31 heavy (non-hydrogen) atoms. The van der Waals surface area contributed by atoms with Gasteiger partial charge in [-0.2, -0.15) is 0 Å². The highest BCUT2D eigenvalue weighted by molar-refractivity contribution is 5.69. The van der Waals surface area contributed by atoms with E-state index in [0.717, 1.165) is 32.1 Å². The fourth-order valence-electron chi connectivity index (χ4n) is 3.75. The summed E-state index contributed by atoms with van der Waals surface area (Å²) in [5.41, 5.74) is 0. The molecule has 0 aliphatic heterocycles. The molecule has 0 fully saturated rings. The van der Waals surface area contributed by atoms with Gasteiger partial charge in [-0.05, 0) is 12.8 Å². The summed E-state index contributed by atoms with van der Waals surface area (Å²) in [6, 6.07) is 0. The van der Waals surface area contributed by atoms with Crippen molar-refractivity contribution in [3.8, 4) is 0 Å². The largest absolute Gasteiger partial charge is 0.481 e. The lowest BCUT2D eigenvalue weighted by molar-refractivity contribution is -0.153. The van der Waals surface area contributed by atoms with E-state index in [1.807, 2.05) is 0 Å². The molecule has 0 aromatic heterocycles. The molecule has 0 aliphatic carbocycles. The third-order valence-corrected chi connectivity index (χ3v) is 5.73. The van der Waals surface area contributed by atoms with Crippen LogP contribution < -0.4 is 0 Å². The minimum Gasteiger partial charge on any atom is -0.481 e. The quantitative estimate of drug-likeness (QED) is 0.129. The van der Waals surface area contributed by atoms with Gasteiger partial charge in [-0.1, -0.05) is 103 Å². The zero-order valence-corrected chi connectivity index (χ0v) is 19.7. The van der Waals surface area contributed by atoms with Crippen molar-refractivity contribution in [3.05, 3.63) is 0 Å². The number of hydrogen-bond acceptors (Lipinski definition) is 5. The molecular weight excluding hydrogens is 396 g/mol. The highest BCUT2D eigenvalue weighted by Gasteiger charge is 2.11. The molecule has 0 aliphatic rings. The van der Waals surface area contributed by atoms with Crippen LogP contribution >= 0.6 is 0 Å². The number of carbonyl (C=O) groups excluding carboxylic acids is 1. The van der Waals surface area contributed by atoms with E-state index in [9.17, 15) is 9.59 Å². The molecule has 6 nitrogen and oxygen atoms in total. The monoisotopic (exact) mass is 444 g/mol. The molecule has 184 valence electrons. The second-order valence-corrected chi connectivity index (χ2v) is 8.73. The lowest BCUT2D eigenvalue weighted by Crippen LogP contribution is -2.25. The van der Waals surface area contributed by atoms with Crippen molar-refractivity contribution in [3.63, 3.8) is 0 Å². The third-order valence-electron chi connectivity index (χ3n) is 5.73. The lowest BCUT2D eigenvalue weighted by Gasteiger charge is -2.12. The predicted octanol–water partition coefficient (Wildman–Crippen LogP) is 5.77. The summed E-state index contributed by atoms with van der Waals surface area (Å²) in [4.78, 5) is 21.9. The first-order chi connectivity index (χ1) is 15.1. The third kappa shape index (κ3) is 23.4. The van der Waals surface area contributed by atoms with Crippen molar-refractivity contribution < 1.29 is 29.6 Å². The van der Waals surface area contributed by atoms with Crippen LogP contribution in [0.5, 0.6) is 0 Å². The van der Waals surface area contributed by atoms with Crippen LogP contribution in [-0.4, -0.2) is 46.6 Å². The van der Waals surface area contributed by atoms with E-state index in [1.54, 1.807) is 0 Å². The molecule has 0 bridgehead atoms. The van der Waals surface area contributed by atoms with Crippen molar-refractivity contribution >= 4 is 11.9 Å². The summed E-state index contributed by atoms with van der Waals surface area (Å²) in [5.74, 6) is -1.01. The van der Waals surface area contributed by atoms with Crippen LogP contribution in [0.25, 0.3) is 0 Å². The Bertz CT molecular complexity index is 409. The van der Waals surface area contributed by atoms with E-state index in [1.165, 1.54) is 83.5 Å². The Morgan fingerprint density at radius 3 is 1.10 bits per heavy atom. The normalized spacial score (nSPS) is 11.2. The summed E-state index contributed by atoms with van der Waals surface area (Å²) in [6.07, 6.45) is 21.7. The van der Waals surface area contributed by atoms with Crippen LogP contribution in [0.4, 0.5) is 0 Å². The maximum atomic E-state index is 11.5. The standard InChI is InChI=1S/C25H48O6/c26-21-23(22-27)31-25(30)20-18-16-14-12-10-8-6-4-2-1-3-5-7-9-11-13-15-17-19-24(28)29/h23,26-27H,1-22H2,(H,28,29). The van der Waals surface area contributed by atoms with E-state index in [4.69, 9.17) is 20.1 Å². The molecule has 6 heteroatoms. The van der Waals surface area contributed by atoms with Gasteiger partial charge in [0.25, 0.3) is 0 Å². The Morgan fingerprint density at radius 2 is 0.806 bits per heavy atom. The molecule has 0 atom stereocenters. The number of rotatable bonds is 24. The molecular formula is C25H48O6. The number of aliphatic hydroxyl groups excluding tert-OH is 2. The van der Waals surface area contributed by atoms with Crippen molar-refractivity contribution in [2.45, 2.75) is 135 Å². The minimum absolute atomic E-state index is 0.317. The molecule has 0 aromatic rings. The number of ether oxygens (including phenoxy) is 1. The molecule has 0 unspecified atom stereocenters. The Balaban J connectivity index is 3.15. The molecule has 0 radical (unpaired) electrons. The Hall–Kier alpha value is -1.14. The summed E-state index contributed by atoms with van der Waals surface area (Å²) in [6.45, 7) is -0.665. The van der Waals surface area contributed by atoms with Gasteiger partial charge in [0, 0.05) is 12.8 Å². The fourth-order valence-corrected chi connectivity index (χ4v) is 3.75. The van der Waals surface area contributed by atoms with Gasteiger partial charge in [0.2, 0.25) is 0 Å². The topological polar surface area (TPSA) is 104 Å². The highest BCUT2D eigenvalue weighted by Crippen LogP contribution is 2.15. The number of unbranched alkanes of at least 4 members (excludes halogenated alkanes) is 17. The van der Waals surface area contributed by atoms with E-state index in [0.29, 0.717) is 12.8 Å². The van der Waals surface area contributed by atoms with Crippen LogP contribution in [0.15, 0.2) is 0 Å². The van der Waals surface area contributed by atoms with Gasteiger partial charge in [-0.3, -0.25) is 9.59 Å². The van der Waals surface area contributed by atoms with Gasteiger partial charge in [-0.15, -0.1) is 0 Å².